The van der Waals surface area contributed by atoms with Gasteiger partial charge in [-0.3, -0.25) is 0 Å². The zero-order chi connectivity index (χ0) is 7.84. The summed E-state index contributed by atoms with van der Waals surface area (Å²) in [4.78, 5) is 0.458. The first kappa shape index (κ1) is 7.35. The normalized spacial score (nSPS) is 28.5. The van der Waals surface area contributed by atoms with E-state index >= 15 is 0 Å². The van der Waals surface area contributed by atoms with E-state index < -0.39 is 0 Å². The van der Waals surface area contributed by atoms with Crippen molar-refractivity contribution in [1.82, 2.24) is 0 Å². The van der Waals surface area contributed by atoms with E-state index in [9.17, 15) is 5.11 Å². The summed E-state index contributed by atoms with van der Waals surface area (Å²) in [5.74, 6) is 0. The van der Waals surface area contributed by atoms with Gasteiger partial charge in [0.1, 0.15) is 0 Å². The Kier molecular flexibility index (Phi) is 1.76. The molecule has 0 spiro atoms. The number of rotatable bonds is 0. The number of benzene rings is 1. The van der Waals surface area contributed by atoms with Crippen molar-refractivity contribution in [2.24, 2.45) is 0 Å². The minimum absolute atomic E-state index is 0.203. The molecule has 2 atom stereocenters. The Bertz CT molecular complexity index is 272. The molecule has 1 aromatic rings. The van der Waals surface area contributed by atoms with Gasteiger partial charge in [0.25, 0.3) is 0 Å². The maximum atomic E-state index is 9.67. The Hall–Kier alpha value is -0.301. The first-order chi connectivity index (χ1) is 5.29. The molecule has 1 nitrogen and oxygen atoms in total. The van der Waals surface area contributed by atoms with Crippen LogP contribution in [0.1, 0.15) is 18.6 Å². The zero-order valence-electron chi connectivity index (χ0n) is 6.32. The van der Waals surface area contributed by atoms with E-state index in [4.69, 9.17) is 0 Å². The molecule has 0 aromatic heterocycles. The van der Waals surface area contributed by atoms with Gasteiger partial charge in [0.2, 0.25) is 0 Å². The van der Waals surface area contributed by atoms with Gasteiger partial charge in [0.05, 0.1) is 0 Å². The monoisotopic (exact) mass is 214 g/mol. The molecule has 0 fully saturated rings. The molecule has 58 valence electrons. The van der Waals surface area contributed by atoms with Crippen molar-refractivity contribution in [2.45, 2.75) is 17.8 Å². The molecular weight excluding hydrogens is 203 g/mol. The summed E-state index contributed by atoms with van der Waals surface area (Å²) in [6.07, 6.45) is -0.203. The Morgan fingerprint density at radius 1 is 1.36 bits per heavy atom. The van der Waals surface area contributed by atoms with Crippen LogP contribution in [0.2, 0.25) is 4.82 Å². The number of aliphatic hydroxyl groups excluding tert-OH is 1. The van der Waals surface area contributed by atoms with Crippen molar-refractivity contribution >= 4 is 19.4 Å². The van der Waals surface area contributed by atoms with Gasteiger partial charge in [-0.15, -0.1) is 0 Å². The molecule has 1 aliphatic rings. The predicted octanol–water partition coefficient (Wildman–Crippen LogP) is 0.871. The fraction of sp³-hybridized carbons (Fsp3) is 0.333. The van der Waals surface area contributed by atoms with E-state index in [0.29, 0.717) is 19.8 Å². The van der Waals surface area contributed by atoms with Crippen molar-refractivity contribution in [3.05, 3.63) is 29.8 Å². The standard InChI is InChI=1S/C9H10OSe/c1-6-9(10)7-4-2-3-5-8(7)11-6/h2-6,9-10H,1H3. The average molecular weight is 213 g/mol. The molecular formula is C9H10OSe. The summed E-state index contributed by atoms with van der Waals surface area (Å²) in [6.45, 7) is 2.12. The van der Waals surface area contributed by atoms with Crippen molar-refractivity contribution in [3.8, 4) is 0 Å². The van der Waals surface area contributed by atoms with Crippen LogP contribution < -0.4 is 4.46 Å². The second-order valence-electron chi connectivity index (χ2n) is 2.81. The van der Waals surface area contributed by atoms with Crippen molar-refractivity contribution in [2.75, 3.05) is 0 Å². The summed E-state index contributed by atoms with van der Waals surface area (Å²) in [5, 5.41) is 9.67. The quantitative estimate of drug-likeness (QED) is 0.634. The Balaban J connectivity index is 2.47. The number of aliphatic hydroxyl groups is 1. The topological polar surface area (TPSA) is 20.2 Å². The predicted molar refractivity (Wildman–Crippen MR) is 46.2 cm³/mol. The van der Waals surface area contributed by atoms with Gasteiger partial charge < -0.3 is 0 Å². The van der Waals surface area contributed by atoms with Gasteiger partial charge in [-0.05, 0) is 0 Å². The van der Waals surface area contributed by atoms with Gasteiger partial charge in [-0.2, -0.15) is 0 Å². The van der Waals surface area contributed by atoms with Gasteiger partial charge in [0.15, 0.2) is 0 Å². The molecule has 2 unspecified atom stereocenters. The molecule has 11 heavy (non-hydrogen) atoms. The van der Waals surface area contributed by atoms with Gasteiger partial charge in [-0.25, -0.2) is 0 Å². The van der Waals surface area contributed by atoms with E-state index in [1.54, 1.807) is 0 Å². The number of hydrogen-bond acceptors (Lipinski definition) is 1. The summed E-state index contributed by atoms with van der Waals surface area (Å²) in [5.41, 5.74) is 1.15. The first-order valence-corrected chi connectivity index (χ1v) is 5.57. The molecule has 2 heteroatoms. The third kappa shape index (κ3) is 1.12. The van der Waals surface area contributed by atoms with Crippen LogP contribution in [-0.4, -0.2) is 20.1 Å². The Morgan fingerprint density at radius 2 is 2.09 bits per heavy atom. The van der Waals surface area contributed by atoms with Crippen molar-refractivity contribution in [3.63, 3.8) is 0 Å². The maximum absolute atomic E-state index is 9.67. The molecule has 0 bridgehead atoms. The van der Waals surface area contributed by atoms with Gasteiger partial charge >= 0.3 is 72.2 Å². The summed E-state index contributed by atoms with van der Waals surface area (Å²) >= 11 is 0.482. The van der Waals surface area contributed by atoms with Crippen LogP contribution in [0.5, 0.6) is 0 Å². The third-order valence-corrected chi connectivity index (χ3v) is 4.63. The zero-order valence-corrected chi connectivity index (χ0v) is 8.03. The van der Waals surface area contributed by atoms with E-state index in [-0.39, 0.29) is 6.10 Å². The SMILES string of the molecule is CC1[Se]c2ccccc2C1O. The molecule has 0 saturated carbocycles. The van der Waals surface area contributed by atoms with Crippen LogP contribution >= 0.6 is 0 Å². The minimum atomic E-state index is -0.203. The Labute approximate surface area is 72.6 Å². The van der Waals surface area contributed by atoms with Crippen LogP contribution in [0, 0.1) is 0 Å². The van der Waals surface area contributed by atoms with Crippen molar-refractivity contribution < 1.29 is 5.11 Å². The fourth-order valence-electron chi connectivity index (χ4n) is 1.35. The van der Waals surface area contributed by atoms with E-state index in [0.717, 1.165) is 5.56 Å². The van der Waals surface area contributed by atoms with E-state index in [1.807, 2.05) is 18.2 Å². The second-order valence-corrected chi connectivity index (χ2v) is 5.78. The number of hydrogen-bond donors (Lipinski definition) is 1. The molecule has 1 aromatic carbocycles. The van der Waals surface area contributed by atoms with Crippen LogP contribution in [0.4, 0.5) is 0 Å². The van der Waals surface area contributed by atoms with Crippen LogP contribution in [-0.2, 0) is 0 Å². The van der Waals surface area contributed by atoms with E-state index in [2.05, 4.69) is 13.0 Å². The molecule has 2 rings (SSSR count). The third-order valence-electron chi connectivity index (χ3n) is 2.00. The molecule has 1 aliphatic heterocycles. The molecule has 0 saturated heterocycles. The second kappa shape index (κ2) is 2.63. The molecule has 0 aliphatic carbocycles. The summed E-state index contributed by atoms with van der Waals surface area (Å²) < 4.78 is 1.38. The summed E-state index contributed by atoms with van der Waals surface area (Å²) in [7, 11) is 0. The molecule has 1 N–H and O–H groups in total. The van der Waals surface area contributed by atoms with Crippen LogP contribution in [0.3, 0.4) is 0 Å². The van der Waals surface area contributed by atoms with Crippen LogP contribution in [0.15, 0.2) is 24.3 Å². The Morgan fingerprint density at radius 3 is 2.82 bits per heavy atom. The van der Waals surface area contributed by atoms with Crippen molar-refractivity contribution in [1.29, 1.82) is 0 Å². The molecule has 1 heterocycles. The molecule has 0 amide bonds. The van der Waals surface area contributed by atoms with Gasteiger partial charge in [0, 0.05) is 0 Å². The van der Waals surface area contributed by atoms with E-state index in [1.165, 1.54) is 4.46 Å². The summed E-state index contributed by atoms with van der Waals surface area (Å²) in [6, 6.07) is 8.20. The van der Waals surface area contributed by atoms with Crippen LogP contribution in [0.25, 0.3) is 0 Å². The van der Waals surface area contributed by atoms with Gasteiger partial charge in [-0.1, -0.05) is 0 Å². The first-order valence-electron chi connectivity index (χ1n) is 3.72. The number of fused-ring (bicyclic) bond motifs is 1. The average Bonchev–Trinajstić information content (AvgIpc) is 2.30. The molecule has 0 radical (unpaired) electrons. The fourth-order valence-corrected chi connectivity index (χ4v) is 3.78.